The highest BCUT2D eigenvalue weighted by molar-refractivity contribution is 7.98. The highest BCUT2D eigenvalue weighted by Crippen LogP contribution is 2.29. The Hall–Kier alpha value is 0.0900. The van der Waals surface area contributed by atoms with Gasteiger partial charge in [0.2, 0.25) is 0 Å². The van der Waals surface area contributed by atoms with Crippen molar-refractivity contribution in [2.45, 2.75) is 38.5 Å². The molecule has 0 radical (unpaired) electrons. The fourth-order valence-electron chi connectivity index (χ4n) is 1.48. The molecule has 1 saturated carbocycles. The summed E-state index contributed by atoms with van der Waals surface area (Å²) in [7, 11) is 0. The molecule has 0 aromatic rings. The third-order valence-electron chi connectivity index (χ3n) is 2.58. The van der Waals surface area contributed by atoms with Gasteiger partial charge in [0.25, 0.3) is 0 Å². The van der Waals surface area contributed by atoms with Crippen LogP contribution in [-0.2, 0) is 0 Å². The lowest BCUT2D eigenvalue weighted by atomic mass is 9.83. The summed E-state index contributed by atoms with van der Waals surface area (Å²) in [5, 5.41) is 0. The molecule has 0 spiro atoms. The van der Waals surface area contributed by atoms with Crippen molar-refractivity contribution in [2.24, 2.45) is 5.92 Å². The van der Waals surface area contributed by atoms with E-state index in [0.717, 1.165) is 5.92 Å². The van der Waals surface area contributed by atoms with Crippen molar-refractivity contribution < 1.29 is 0 Å². The highest BCUT2D eigenvalue weighted by atomic mass is 32.2. The van der Waals surface area contributed by atoms with E-state index in [1.165, 1.54) is 44.3 Å². The summed E-state index contributed by atoms with van der Waals surface area (Å²) >= 11 is 1.95. The summed E-state index contributed by atoms with van der Waals surface area (Å²) in [4.78, 5) is 0. The van der Waals surface area contributed by atoms with Crippen molar-refractivity contribution in [1.82, 2.24) is 0 Å². The zero-order valence-electron chi connectivity index (χ0n) is 8.09. The molecule has 1 rings (SSSR count). The quantitative estimate of drug-likeness (QED) is 0.446. The molecule has 0 aromatic heterocycles. The van der Waals surface area contributed by atoms with Gasteiger partial charge in [0.05, 0.1) is 0 Å². The largest absolute Gasteiger partial charge is 0.165 e. The van der Waals surface area contributed by atoms with E-state index < -0.39 is 0 Å². The average Bonchev–Trinajstić information content (AvgIpc) is 2.00. The Morgan fingerprint density at radius 3 is 2.75 bits per heavy atom. The maximum absolute atomic E-state index is 2.39. The minimum atomic E-state index is 1.04. The molecular weight excluding hydrogens is 164 g/mol. The Kier molecular flexibility index (Phi) is 5.59. The third-order valence-corrected chi connectivity index (χ3v) is 3.28. The maximum Gasteiger partial charge on any atom is -0.00674 e. The summed E-state index contributed by atoms with van der Waals surface area (Å²) in [5.41, 5.74) is 0. The van der Waals surface area contributed by atoms with E-state index in [2.05, 4.69) is 18.4 Å². The van der Waals surface area contributed by atoms with Crippen molar-refractivity contribution >= 4 is 11.8 Å². The molecule has 0 nitrogen and oxygen atoms in total. The van der Waals surface area contributed by atoms with Crippen LogP contribution in [0.3, 0.4) is 0 Å². The van der Waals surface area contributed by atoms with Crippen molar-refractivity contribution in [2.75, 3.05) is 12.0 Å². The van der Waals surface area contributed by atoms with E-state index in [1.54, 1.807) is 0 Å². The van der Waals surface area contributed by atoms with Crippen molar-refractivity contribution in [1.29, 1.82) is 0 Å². The fraction of sp³-hybridized carbons (Fsp3) is 0.818. The topological polar surface area (TPSA) is 0 Å². The van der Waals surface area contributed by atoms with Gasteiger partial charge in [0.1, 0.15) is 0 Å². The first kappa shape index (κ1) is 10.2. The Balaban J connectivity index is 1.84. The number of thioether (sulfide) groups is 1. The molecule has 0 amide bonds. The van der Waals surface area contributed by atoms with Crippen LogP contribution in [0.2, 0.25) is 0 Å². The van der Waals surface area contributed by atoms with Gasteiger partial charge in [-0.3, -0.25) is 0 Å². The van der Waals surface area contributed by atoms with Gasteiger partial charge in [-0.2, -0.15) is 11.8 Å². The first-order chi connectivity index (χ1) is 5.93. The summed E-state index contributed by atoms with van der Waals surface area (Å²) in [6, 6.07) is 0. The maximum atomic E-state index is 2.39. The molecule has 0 saturated heterocycles. The Morgan fingerprint density at radius 2 is 2.17 bits per heavy atom. The van der Waals surface area contributed by atoms with Gasteiger partial charge >= 0.3 is 0 Å². The molecule has 0 unspecified atom stereocenters. The summed E-state index contributed by atoms with van der Waals surface area (Å²) < 4.78 is 0. The minimum Gasteiger partial charge on any atom is -0.165 e. The fourth-order valence-corrected chi connectivity index (χ4v) is 1.94. The van der Waals surface area contributed by atoms with E-state index in [9.17, 15) is 0 Å². The van der Waals surface area contributed by atoms with E-state index in [4.69, 9.17) is 0 Å². The summed E-state index contributed by atoms with van der Waals surface area (Å²) in [5.74, 6) is 2.36. The molecule has 0 N–H and O–H groups in total. The van der Waals surface area contributed by atoms with Crippen LogP contribution in [0, 0.1) is 5.92 Å². The molecule has 0 atom stereocenters. The molecule has 0 bridgehead atoms. The van der Waals surface area contributed by atoms with E-state index in [0.29, 0.717) is 0 Å². The number of hydrogen-bond acceptors (Lipinski definition) is 1. The van der Waals surface area contributed by atoms with Crippen LogP contribution >= 0.6 is 11.8 Å². The summed E-state index contributed by atoms with van der Waals surface area (Å²) in [6.07, 6.45) is 15.4. The SMILES string of the molecule is CSCCC/C=C/CC1CCC1. The molecule has 0 aliphatic heterocycles. The normalized spacial score (nSPS) is 18.4. The van der Waals surface area contributed by atoms with E-state index in [1.807, 2.05) is 11.8 Å². The van der Waals surface area contributed by atoms with Gasteiger partial charge in [-0.15, -0.1) is 0 Å². The van der Waals surface area contributed by atoms with Crippen molar-refractivity contribution in [3.63, 3.8) is 0 Å². The standard InChI is InChI=1S/C11H20S/c1-12-10-5-3-2-4-7-11-8-6-9-11/h2,4,11H,3,5-10H2,1H3/b4-2+. The number of rotatable bonds is 6. The van der Waals surface area contributed by atoms with E-state index >= 15 is 0 Å². The minimum absolute atomic E-state index is 1.04. The highest BCUT2D eigenvalue weighted by Gasteiger charge is 2.14. The van der Waals surface area contributed by atoms with Crippen LogP contribution in [0.1, 0.15) is 38.5 Å². The average molecular weight is 184 g/mol. The zero-order valence-corrected chi connectivity index (χ0v) is 8.91. The molecule has 0 heterocycles. The molecule has 70 valence electrons. The third kappa shape index (κ3) is 4.20. The van der Waals surface area contributed by atoms with Crippen LogP contribution in [0.25, 0.3) is 0 Å². The van der Waals surface area contributed by atoms with Crippen molar-refractivity contribution in [3.8, 4) is 0 Å². The van der Waals surface area contributed by atoms with Gasteiger partial charge in [-0.1, -0.05) is 31.4 Å². The first-order valence-electron chi connectivity index (χ1n) is 5.07. The smallest absolute Gasteiger partial charge is 0.00674 e. The predicted molar refractivity (Wildman–Crippen MR) is 58.7 cm³/mol. The van der Waals surface area contributed by atoms with Crippen molar-refractivity contribution in [3.05, 3.63) is 12.2 Å². The summed E-state index contributed by atoms with van der Waals surface area (Å²) in [6.45, 7) is 0. The van der Waals surface area contributed by atoms with Gasteiger partial charge < -0.3 is 0 Å². The van der Waals surface area contributed by atoms with Crippen LogP contribution in [0.15, 0.2) is 12.2 Å². The Bertz CT molecular complexity index is 125. The molecule has 1 aliphatic carbocycles. The monoisotopic (exact) mass is 184 g/mol. The van der Waals surface area contributed by atoms with Crippen LogP contribution < -0.4 is 0 Å². The molecule has 12 heavy (non-hydrogen) atoms. The molecule has 1 heteroatoms. The van der Waals surface area contributed by atoms with E-state index in [-0.39, 0.29) is 0 Å². The molecule has 1 fully saturated rings. The van der Waals surface area contributed by atoms with Gasteiger partial charge in [0, 0.05) is 0 Å². The molecular formula is C11H20S. The van der Waals surface area contributed by atoms with Crippen LogP contribution in [0.5, 0.6) is 0 Å². The predicted octanol–water partition coefficient (Wildman–Crippen LogP) is 3.88. The Morgan fingerprint density at radius 1 is 1.33 bits per heavy atom. The van der Waals surface area contributed by atoms with Crippen LogP contribution in [0.4, 0.5) is 0 Å². The lowest BCUT2D eigenvalue weighted by Crippen LogP contribution is -2.08. The molecule has 0 aromatic carbocycles. The lowest BCUT2D eigenvalue weighted by Gasteiger charge is -2.23. The van der Waals surface area contributed by atoms with Gasteiger partial charge in [-0.25, -0.2) is 0 Å². The first-order valence-corrected chi connectivity index (χ1v) is 6.47. The zero-order chi connectivity index (χ0) is 8.65. The number of allylic oxidation sites excluding steroid dienone is 2. The second-order valence-corrected chi connectivity index (χ2v) is 4.62. The van der Waals surface area contributed by atoms with Gasteiger partial charge in [-0.05, 0) is 37.2 Å². The molecule has 1 aliphatic rings. The lowest BCUT2D eigenvalue weighted by molar-refractivity contribution is 0.319. The Labute approximate surface area is 80.8 Å². The second-order valence-electron chi connectivity index (χ2n) is 3.64. The number of unbranched alkanes of at least 4 members (excludes halogenated alkanes) is 1. The number of hydrogen-bond donors (Lipinski definition) is 0. The second kappa shape index (κ2) is 6.59. The van der Waals surface area contributed by atoms with Gasteiger partial charge in [0.15, 0.2) is 0 Å². The van der Waals surface area contributed by atoms with Crippen LogP contribution in [-0.4, -0.2) is 12.0 Å².